The number of benzene rings is 1. The zero-order valence-corrected chi connectivity index (χ0v) is 16.1. The first-order valence-electron chi connectivity index (χ1n) is 9.56. The van der Waals surface area contributed by atoms with Crippen LogP contribution < -0.4 is 20.1 Å². The lowest BCUT2D eigenvalue weighted by atomic mass is 10.1. The molecule has 0 radical (unpaired) electrons. The largest absolute Gasteiger partial charge is 0.493 e. The molecule has 0 aliphatic carbocycles. The Labute approximate surface area is 161 Å². The second-order valence-electron chi connectivity index (χ2n) is 6.46. The van der Waals surface area contributed by atoms with Crippen LogP contribution in [0, 0.1) is 0 Å². The summed E-state index contributed by atoms with van der Waals surface area (Å²) in [6, 6.07) is 10.4. The number of fused-ring (bicyclic) bond motifs is 1. The maximum atomic E-state index is 5.71. The van der Waals surface area contributed by atoms with Crippen molar-refractivity contribution in [1.29, 1.82) is 0 Å². The summed E-state index contributed by atoms with van der Waals surface area (Å²) in [4.78, 5) is 8.61. The molecule has 0 spiro atoms. The van der Waals surface area contributed by atoms with E-state index < -0.39 is 0 Å². The third-order valence-corrected chi connectivity index (χ3v) is 4.42. The van der Waals surface area contributed by atoms with Crippen LogP contribution in [0.3, 0.4) is 0 Å². The number of pyridine rings is 1. The highest BCUT2D eigenvalue weighted by Gasteiger charge is 2.12. The fourth-order valence-corrected chi connectivity index (χ4v) is 3.01. The molecule has 6 heteroatoms. The minimum atomic E-state index is 0.614. The van der Waals surface area contributed by atoms with Crippen LogP contribution in [-0.2, 0) is 19.4 Å². The Morgan fingerprint density at radius 3 is 3.07 bits per heavy atom. The number of aromatic nitrogens is 1. The summed E-state index contributed by atoms with van der Waals surface area (Å²) in [5.74, 6) is 2.48. The molecule has 0 fully saturated rings. The third kappa shape index (κ3) is 5.36. The molecule has 2 aromatic rings. The second-order valence-corrected chi connectivity index (χ2v) is 6.46. The molecule has 6 nitrogen and oxygen atoms in total. The van der Waals surface area contributed by atoms with Gasteiger partial charge in [-0.3, -0.25) is 4.99 Å². The molecular formula is C21H28N4O2. The van der Waals surface area contributed by atoms with Gasteiger partial charge in [-0.1, -0.05) is 25.1 Å². The lowest BCUT2D eigenvalue weighted by Crippen LogP contribution is -2.38. The quantitative estimate of drug-likeness (QED) is 0.554. The smallest absolute Gasteiger partial charge is 0.218 e. The minimum Gasteiger partial charge on any atom is -0.493 e. The van der Waals surface area contributed by atoms with Crippen LogP contribution >= 0.6 is 0 Å². The highest BCUT2D eigenvalue weighted by molar-refractivity contribution is 5.79. The van der Waals surface area contributed by atoms with Crippen LogP contribution in [0.5, 0.6) is 11.6 Å². The van der Waals surface area contributed by atoms with Crippen LogP contribution in [0.15, 0.2) is 41.5 Å². The predicted molar refractivity (Wildman–Crippen MR) is 108 cm³/mol. The molecule has 3 rings (SSSR count). The van der Waals surface area contributed by atoms with Gasteiger partial charge in [-0.2, -0.15) is 0 Å². The van der Waals surface area contributed by atoms with Gasteiger partial charge >= 0.3 is 0 Å². The van der Waals surface area contributed by atoms with Crippen LogP contribution in [0.25, 0.3) is 0 Å². The SMILES string of the molecule is CCCOc1ncccc1CNC(=NC)NCCc1ccc2c(c1)CCO2. The van der Waals surface area contributed by atoms with Crippen LogP contribution in [-0.4, -0.2) is 37.7 Å². The van der Waals surface area contributed by atoms with Crippen molar-refractivity contribution in [2.24, 2.45) is 4.99 Å². The molecule has 0 unspecified atom stereocenters. The summed E-state index contributed by atoms with van der Waals surface area (Å²) in [5, 5.41) is 6.69. The Morgan fingerprint density at radius 1 is 1.30 bits per heavy atom. The van der Waals surface area contributed by atoms with Crippen molar-refractivity contribution < 1.29 is 9.47 Å². The fraction of sp³-hybridized carbons (Fsp3) is 0.429. The number of ether oxygens (including phenoxy) is 2. The monoisotopic (exact) mass is 368 g/mol. The fourth-order valence-electron chi connectivity index (χ4n) is 3.01. The summed E-state index contributed by atoms with van der Waals surface area (Å²) < 4.78 is 11.3. The maximum Gasteiger partial charge on any atom is 0.218 e. The molecule has 1 aromatic heterocycles. The molecule has 0 atom stereocenters. The van der Waals surface area contributed by atoms with Crippen molar-refractivity contribution in [1.82, 2.24) is 15.6 Å². The lowest BCUT2D eigenvalue weighted by molar-refractivity contribution is 0.301. The van der Waals surface area contributed by atoms with Crippen LogP contribution in [0.2, 0.25) is 0 Å². The maximum absolute atomic E-state index is 5.71. The third-order valence-electron chi connectivity index (χ3n) is 4.42. The molecule has 2 N–H and O–H groups in total. The van der Waals surface area contributed by atoms with Gasteiger partial charge in [0, 0.05) is 38.3 Å². The summed E-state index contributed by atoms with van der Waals surface area (Å²) in [7, 11) is 1.78. The highest BCUT2D eigenvalue weighted by atomic mass is 16.5. The Hall–Kier alpha value is -2.76. The van der Waals surface area contributed by atoms with E-state index >= 15 is 0 Å². The summed E-state index contributed by atoms with van der Waals surface area (Å²) >= 11 is 0. The lowest BCUT2D eigenvalue weighted by Gasteiger charge is -2.14. The van der Waals surface area contributed by atoms with Crippen molar-refractivity contribution in [2.45, 2.75) is 32.7 Å². The van der Waals surface area contributed by atoms with Gasteiger partial charge in [-0.25, -0.2) is 4.98 Å². The first-order valence-corrected chi connectivity index (χ1v) is 9.56. The Kier molecular flexibility index (Phi) is 6.90. The molecule has 0 bridgehead atoms. The standard InChI is InChI=1S/C21H28N4O2/c1-3-12-27-20-18(5-4-10-23-20)15-25-21(22-2)24-11-8-16-6-7-19-17(14-16)9-13-26-19/h4-7,10,14H,3,8-9,11-13,15H2,1-2H3,(H2,22,24,25). The molecule has 0 amide bonds. The second kappa shape index (κ2) is 9.80. The van der Waals surface area contributed by atoms with Crippen LogP contribution in [0.1, 0.15) is 30.0 Å². The number of rotatable bonds is 8. The van der Waals surface area contributed by atoms with E-state index in [9.17, 15) is 0 Å². The van der Waals surface area contributed by atoms with Gasteiger partial charge in [0.25, 0.3) is 0 Å². The van der Waals surface area contributed by atoms with Gasteiger partial charge in [0.2, 0.25) is 5.88 Å². The number of hydrogen-bond acceptors (Lipinski definition) is 4. The first kappa shape index (κ1) is 19.0. The van der Waals surface area contributed by atoms with E-state index in [1.54, 1.807) is 13.2 Å². The Balaban J connectivity index is 1.47. The van der Waals surface area contributed by atoms with E-state index in [-0.39, 0.29) is 0 Å². The van der Waals surface area contributed by atoms with Gasteiger partial charge in [0.1, 0.15) is 5.75 Å². The summed E-state index contributed by atoms with van der Waals surface area (Å²) in [6.07, 6.45) is 4.66. The van der Waals surface area contributed by atoms with E-state index in [0.29, 0.717) is 19.0 Å². The van der Waals surface area contributed by atoms with Gasteiger partial charge < -0.3 is 20.1 Å². The van der Waals surface area contributed by atoms with Gasteiger partial charge in [0.05, 0.1) is 13.2 Å². The van der Waals surface area contributed by atoms with E-state index in [2.05, 4.69) is 45.7 Å². The van der Waals surface area contributed by atoms with Crippen molar-refractivity contribution in [3.63, 3.8) is 0 Å². The molecule has 144 valence electrons. The molecule has 2 heterocycles. The van der Waals surface area contributed by atoms with E-state index in [4.69, 9.17) is 9.47 Å². The van der Waals surface area contributed by atoms with Crippen molar-refractivity contribution in [2.75, 3.05) is 26.8 Å². The minimum absolute atomic E-state index is 0.614. The molecule has 1 aromatic carbocycles. The molecule has 0 saturated carbocycles. The number of hydrogen-bond donors (Lipinski definition) is 2. The average Bonchev–Trinajstić information content (AvgIpc) is 3.17. The van der Waals surface area contributed by atoms with Gasteiger partial charge in [-0.15, -0.1) is 0 Å². The summed E-state index contributed by atoms with van der Waals surface area (Å²) in [6.45, 7) is 4.98. The van der Waals surface area contributed by atoms with Gasteiger partial charge in [0.15, 0.2) is 5.96 Å². The predicted octanol–water partition coefficient (Wildman–Crippen LogP) is 2.71. The molecule has 27 heavy (non-hydrogen) atoms. The number of guanidine groups is 1. The van der Waals surface area contributed by atoms with Crippen molar-refractivity contribution >= 4 is 5.96 Å². The molecular weight excluding hydrogens is 340 g/mol. The molecule has 1 aliphatic rings. The number of nitrogens with zero attached hydrogens (tertiary/aromatic N) is 2. The van der Waals surface area contributed by atoms with Gasteiger partial charge in [-0.05, 0) is 36.1 Å². The topological polar surface area (TPSA) is 67.8 Å². The number of aliphatic imine (C=N–C) groups is 1. The zero-order valence-electron chi connectivity index (χ0n) is 16.1. The average molecular weight is 368 g/mol. The number of nitrogens with one attached hydrogen (secondary N) is 2. The Morgan fingerprint density at radius 2 is 2.22 bits per heavy atom. The van der Waals surface area contributed by atoms with E-state index in [1.807, 2.05) is 12.1 Å². The normalized spacial score (nSPS) is 13.0. The van der Waals surface area contributed by atoms with Crippen LogP contribution in [0.4, 0.5) is 0 Å². The Bertz CT molecular complexity index is 777. The summed E-state index contributed by atoms with van der Waals surface area (Å²) in [5.41, 5.74) is 3.64. The first-order chi connectivity index (χ1) is 13.3. The highest BCUT2D eigenvalue weighted by Crippen LogP contribution is 2.25. The van der Waals surface area contributed by atoms with Crippen molar-refractivity contribution in [3.05, 3.63) is 53.2 Å². The molecule has 1 aliphatic heterocycles. The van der Waals surface area contributed by atoms with E-state index in [1.165, 1.54) is 11.1 Å². The zero-order chi connectivity index (χ0) is 18.9. The van der Waals surface area contributed by atoms with Crippen molar-refractivity contribution in [3.8, 4) is 11.6 Å². The van der Waals surface area contributed by atoms with E-state index in [0.717, 1.165) is 49.7 Å². The molecule has 0 saturated heterocycles.